The molecule has 0 bridgehead atoms. The van der Waals surface area contributed by atoms with Gasteiger partial charge in [-0.1, -0.05) is 18.2 Å². The lowest BCUT2D eigenvalue weighted by Gasteiger charge is -2.26. The molecule has 1 N–H and O–H groups in total. The first-order chi connectivity index (χ1) is 14.0. The van der Waals surface area contributed by atoms with Gasteiger partial charge in [0, 0.05) is 0 Å². The average Bonchev–Trinajstić information content (AvgIpc) is 2.70. The molecule has 1 aliphatic rings. The van der Waals surface area contributed by atoms with Crippen LogP contribution in [0.5, 0.6) is 11.5 Å². The Balaban J connectivity index is 2.01. The summed E-state index contributed by atoms with van der Waals surface area (Å²) in [5.41, 5.74) is 0.583. The van der Waals surface area contributed by atoms with Crippen LogP contribution in [0.2, 0.25) is 0 Å². The van der Waals surface area contributed by atoms with Crippen molar-refractivity contribution in [1.82, 2.24) is 5.32 Å². The fraction of sp³-hybridized carbons (Fsp3) is 0.100. The molecule has 8 nitrogen and oxygen atoms in total. The molecule has 1 heterocycles. The third-order valence-electron chi connectivity index (χ3n) is 3.96. The molecule has 0 unspecified atom stereocenters. The molecule has 2 aromatic carbocycles. The van der Waals surface area contributed by atoms with Gasteiger partial charge in [0.15, 0.2) is 18.1 Å². The molecule has 146 valence electrons. The largest absolute Gasteiger partial charge is 0.493 e. The van der Waals surface area contributed by atoms with Crippen LogP contribution in [-0.2, 0) is 9.59 Å². The number of hydrogen-bond donors (Lipinski definition) is 1. The van der Waals surface area contributed by atoms with E-state index in [1.807, 2.05) is 6.07 Å². The van der Waals surface area contributed by atoms with Gasteiger partial charge >= 0.3 is 6.03 Å². The summed E-state index contributed by atoms with van der Waals surface area (Å²) in [6.45, 7) is -0.176. The third-order valence-corrected chi connectivity index (χ3v) is 4.55. The van der Waals surface area contributed by atoms with E-state index >= 15 is 0 Å². The number of amides is 4. The molecule has 0 aliphatic carbocycles. The molecule has 0 aromatic heterocycles. The van der Waals surface area contributed by atoms with Crippen LogP contribution in [0, 0.1) is 11.3 Å². The molecule has 0 atom stereocenters. The zero-order chi connectivity index (χ0) is 21.0. The van der Waals surface area contributed by atoms with Crippen LogP contribution in [0.25, 0.3) is 6.08 Å². The van der Waals surface area contributed by atoms with Crippen molar-refractivity contribution < 1.29 is 23.9 Å². The Kier molecular flexibility index (Phi) is 5.95. The molecule has 0 radical (unpaired) electrons. The second-order valence-electron chi connectivity index (χ2n) is 5.77. The monoisotopic (exact) mass is 455 g/mol. The van der Waals surface area contributed by atoms with Crippen LogP contribution < -0.4 is 19.7 Å². The summed E-state index contributed by atoms with van der Waals surface area (Å²) in [5.74, 6) is -0.922. The van der Waals surface area contributed by atoms with Gasteiger partial charge in [-0.2, -0.15) is 5.26 Å². The third kappa shape index (κ3) is 4.12. The first kappa shape index (κ1) is 20.1. The lowest BCUT2D eigenvalue weighted by molar-refractivity contribution is -0.122. The molecule has 1 saturated heterocycles. The highest BCUT2D eigenvalue weighted by Crippen LogP contribution is 2.37. The van der Waals surface area contributed by atoms with Gasteiger partial charge in [-0.25, -0.2) is 9.69 Å². The Morgan fingerprint density at radius 1 is 1.21 bits per heavy atom. The number of urea groups is 1. The van der Waals surface area contributed by atoms with Crippen LogP contribution in [0.4, 0.5) is 10.5 Å². The fourth-order valence-corrected chi connectivity index (χ4v) is 3.28. The minimum absolute atomic E-state index is 0.176. The number of nitriles is 1. The van der Waals surface area contributed by atoms with Crippen LogP contribution in [0.15, 0.2) is 52.5 Å². The first-order valence-electron chi connectivity index (χ1n) is 8.30. The molecule has 0 spiro atoms. The summed E-state index contributed by atoms with van der Waals surface area (Å²) in [4.78, 5) is 38.2. The van der Waals surface area contributed by atoms with Crippen molar-refractivity contribution >= 4 is 45.5 Å². The number of carbonyl (C=O) groups is 3. The minimum Gasteiger partial charge on any atom is -0.493 e. The molecule has 0 saturated carbocycles. The topological polar surface area (TPSA) is 109 Å². The normalized spacial score (nSPS) is 15.1. The number of nitrogens with one attached hydrogen (secondary N) is 1. The van der Waals surface area contributed by atoms with Crippen LogP contribution in [0.1, 0.15) is 5.56 Å². The fourth-order valence-electron chi connectivity index (χ4n) is 2.70. The average molecular weight is 456 g/mol. The van der Waals surface area contributed by atoms with E-state index in [1.165, 1.54) is 13.2 Å². The van der Waals surface area contributed by atoms with Crippen molar-refractivity contribution in [1.29, 1.82) is 5.26 Å². The van der Waals surface area contributed by atoms with E-state index in [9.17, 15) is 14.4 Å². The van der Waals surface area contributed by atoms with Crippen molar-refractivity contribution in [2.24, 2.45) is 0 Å². The second-order valence-corrected chi connectivity index (χ2v) is 6.63. The Morgan fingerprint density at radius 3 is 2.59 bits per heavy atom. The summed E-state index contributed by atoms with van der Waals surface area (Å²) in [5, 5.41) is 10.9. The molecule has 9 heteroatoms. The van der Waals surface area contributed by atoms with Crippen molar-refractivity contribution in [2.45, 2.75) is 0 Å². The quantitative estimate of drug-likeness (QED) is 0.548. The first-order valence-corrected chi connectivity index (χ1v) is 9.09. The number of ether oxygens (including phenoxy) is 2. The molecular formula is C20H14BrN3O5. The number of rotatable bonds is 5. The van der Waals surface area contributed by atoms with Crippen molar-refractivity contribution in [3.63, 3.8) is 0 Å². The Labute approximate surface area is 174 Å². The van der Waals surface area contributed by atoms with Gasteiger partial charge in [0.1, 0.15) is 11.6 Å². The second kappa shape index (κ2) is 8.58. The Morgan fingerprint density at radius 2 is 1.93 bits per heavy atom. The summed E-state index contributed by atoms with van der Waals surface area (Å²) < 4.78 is 11.1. The van der Waals surface area contributed by atoms with E-state index in [2.05, 4.69) is 21.2 Å². The van der Waals surface area contributed by atoms with Crippen LogP contribution in [0.3, 0.4) is 0 Å². The van der Waals surface area contributed by atoms with Crippen LogP contribution in [-0.4, -0.2) is 31.6 Å². The number of halogens is 1. The highest BCUT2D eigenvalue weighted by Gasteiger charge is 2.36. The van der Waals surface area contributed by atoms with E-state index in [4.69, 9.17) is 14.7 Å². The van der Waals surface area contributed by atoms with Crippen molar-refractivity contribution in [3.8, 4) is 17.6 Å². The summed E-state index contributed by atoms with van der Waals surface area (Å²) in [7, 11) is 1.42. The van der Waals surface area contributed by atoms with E-state index < -0.39 is 17.8 Å². The number of benzene rings is 2. The van der Waals surface area contributed by atoms with Gasteiger partial charge in [0.25, 0.3) is 11.8 Å². The van der Waals surface area contributed by atoms with E-state index in [0.717, 1.165) is 4.90 Å². The van der Waals surface area contributed by atoms with Gasteiger partial charge in [0.2, 0.25) is 0 Å². The Hall–Kier alpha value is -3.64. The van der Waals surface area contributed by atoms with Crippen LogP contribution >= 0.6 is 15.9 Å². The van der Waals surface area contributed by atoms with Gasteiger partial charge in [-0.3, -0.25) is 14.9 Å². The predicted molar refractivity (Wildman–Crippen MR) is 107 cm³/mol. The summed E-state index contributed by atoms with van der Waals surface area (Å²) in [6.07, 6.45) is 1.35. The van der Waals surface area contributed by atoms with E-state index in [0.29, 0.717) is 27.2 Å². The van der Waals surface area contributed by atoms with Gasteiger partial charge < -0.3 is 9.47 Å². The molecule has 1 fully saturated rings. The molecule has 29 heavy (non-hydrogen) atoms. The lowest BCUT2D eigenvalue weighted by atomic mass is 10.1. The van der Waals surface area contributed by atoms with E-state index in [-0.39, 0.29) is 12.2 Å². The molecule has 3 rings (SSSR count). The molecule has 4 amide bonds. The minimum atomic E-state index is -0.817. The number of anilines is 1. The zero-order valence-electron chi connectivity index (χ0n) is 15.1. The maximum atomic E-state index is 12.9. The molecular weight excluding hydrogens is 442 g/mol. The number of barbiturate groups is 1. The number of para-hydroxylation sites is 1. The zero-order valence-corrected chi connectivity index (χ0v) is 16.7. The molecule has 2 aromatic rings. The lowest BCUT2D eigenvalue weighted by Crippen LogP contribution is -2.54. The smallest absolute Gasteiger partial charge is 0.335 e. The summed E-state index contributed by atoms with van der Waals surface area (Å²) >= 11 is 3.33. The number of hydrogen-bond acceptors (Lipinski definition) is 6. The number of imide groups is 2. The van der Waals surface area contributed by atoms with E-state index in [1.54, 1.807) is 42.5 Å². The van der Waals surface area contributed by atoms with Crippen molar-refractivity contribution in [2.75, 3.05) is 18.6 Å². The number of methoxy groups -OCH3 is 1. The maximum absolute atomic E-state index is 12.9. The maximum Gasteiger partial charge on any atom is 0.335 e. The SMILES string of the molecule is COc1cc(/C=C2\C(=O)NC(=O)N(c3ccccc3)C2=O)cc(Br)c1OCC#N. The van der Waals surface area contributed by atoms with Crippen molar-refractivity contribution in [3.05, 3.63) is 58.1 Å². The van der Waals surface area contributed by atoms with Gasteiger partial charge in [-0.15, -0.1) is 0 Å². The summed E-state index contributed by atoms with van der Waals surface area (Å²) in [6, 6.07) is 12.5. The number of nitrogens with zero attached hydrogens (tertiary/aromatic N) is 2. The molecule has 1 aliphatic heterocycles. The highest BCUT2D eigenvalue weighted by atomic mass is 79.9. The standard InChI is InChI=1S/C20H14BrN3O5/c1-28-16-11-12(10-15(21)17(16)29-8-7-22)9-14-18(25)23-20(27)24(19(14)26)13-5-3-2-4-6-13/h2-6,9-11H,8H2,1H3,(H,23,25,27)/b14-9+. The van der Waals surface area contributed by atoms with Gasteiger partial charge in [0.05, 0.1) is 17.3 Å². The van der Waals surface area contributed by atoms with Gasteiger partial charge in [-0.05, 0) is 51.8 Å². The predicted octanol–water partition coefficient (Wildman–Crippen LogP) is 3.03. The highest BCUT2D eigenvalue weighted by molar-refractivity contribution is 9.10. The number of carbonyl (C=O) groups excluding carboxylic acids is 3. The Bertz CT molecular complexity index is 1060.